The number of aliphatic hydroxyl groups is 1. The minimum absolute atomic E-state index is 0.571. The van der Waals surface area contributed by atoms with Crippen molar-refractivity contribution >= 4 is 57.3 Å². The van der Waals surface area contributed by atoms with Gasteiger partial charge in [-0.2, -0.15) is 0 Å². The van der Waals surface area contributed by atoms with Crippen LogP contribution in [0.3, 0.4) is 0 Å². The molecule has 1 aromatic heterocycles. The van der Waals surface area contributed by atoms with Crippen LogP contribution in [0.15, 0.2) is 52.9 Å². The normalized spacial score (nSPS) is 13.0. The van der Waals surface area contributed by atoms with E-state index in [1.807, 2.05) is 44.2 Å². The average Bonchev–Trinajstić information content (AvgIpc) is 2.93. The third-order valence-electron chi connectivity index (χ3n) is 5.39. The molecule has 1 radical (unpaired) electrons. The molecule has 0 fully saturated rings. The Balaban J connectivity index is 1.88. The number of benzene rings is 3. The number of halogens is 1. The monoisotopic (exact) mass is 379 g/mol. The molecule has 0 spiro atoms. The molecule has 3 nitrogen and oxygen atoms in total. The van der Waals surface area contributed by atoms with Crippen LogP contribution in [0, 0.1) is 0 Å². The number of hydrogen-bond acceptors (Lipinski definition) is 3. The van der Waals surface area contributed by atoms with Crippen LogP contribution in [-0.2, 0) is 4.65 Å². The van der Waals surface area contributed by atoms with Gasteiger partial charge in [0.2, 0.25) is 0 Å². The molecule has 3 aromatic carbocycles. The lowest BCUT2D eigenvalue weighted by Gasteiger charge is -2.37. The van der Waals surface area contributed by atoms with Crippen molar-refractivity contribution in [2.45, 2.75) is 38.9 Å². The molecule has 5 heteroatoms. The maximum atomic E-state index is 10.4. The second-order valence-corrected chi connectivity index (χ2v) is 8.41. The summed E-state index contributed by atoms with van der Waals surface area (Å²) in [5.41, 5.74) is 0.568. The van der Waals surface area contributed by atoms with Gasteiger partial charge in [0.1, 0.15) is 11.2 Å². The lowest BCUT2D eigenvalue weighted by atomic mass is 9.80. The van der Waals surface area contributed by atoms with Gasteiger partial charge in [0.15, 0.2) is 0 Å². The van der Waals surface area contributed by atoms with Gasteiger partial charge in [0.05, 0.1) is 11.2 Å². The molecule has 0 amide bonds. The topological polar surface area (TPSA) is 42.6 Å². The molecule has 0 aliphatic heterocycles. The number of hydrogen-bond donors (Lipinski definition) is 1. The van der Waals surface area contributed by atoms with Gasteiger partial charge in [-0.25, -0.2) is 0 Å². The van der Waals surface area contributed by atoms with E-state index < -0.39 is 11.2 Å². The van der Waals surface area contributed by atoms with E-state index in [0.717, 1.165) is 32.6 Å². The maximum absolute atomic E-state index is 10.4. The number of fused-ring (bicyclic) bond motifs is 4. The molecule has 0 unspecified atom stereocenters. The molecule has 27 heavy (non-hydrogen) atoms. The fraction of sp³-hybridized carbons (Fsp3) is 0.273. The van der Waals surface area contributed by atoms with Crippen molar-refractivity contribution in [2.24, 2.45) is 0 Å². The summed E-state index contributed by atoms with van der Waals surface area (Å²) in [6.07, 6.45) is 0. The van der Waals surface area contributed by atoms with Crippen molar-refractivity contribution in [3.63, 3.8) is 0 Å². The van der Waals surface area contributed by atoms with Crippen molar-refractivity contribution in [1.29, 1.82) is 0 Å². The second-order valence-electron chi connectivity index (χ2n) is 7.97. The molecular weight excluding hydrogens is 359 g/mol. The highest BCUT2D eigenvalue weighted by Crippen LogP contribution is 2.33. The highest BCUT2D eigenvalue weighted by molar-refractivity contribution is 6.54. The lowest BCUT2D eigenvalue weighted by molar-refractivity contribution is -0.0893. The van der Waals surface area contributed by atoms with E-state index in [4.69, 9.17) is 20.7 Å². The molecule has 0 aliphatic carbocycles. The van der Waals surface area contributed by atoms with Crippen LogP contribution in [0.5, 0.6) is 0 Å². The Kier molecular flexibility index (Phi) is 4.26. The van der Waals surface area contributed by atoms with Gasteiger partial charge in [0, 0.05) is 21.9 Å². The Morgan fingerprint density at radius 3 is 2.30 bits per heavy atom. The zero-order valence-electron chi connectivity index (χ0n) is 15.8. The summed E-state index contributed by atoms with van der Waals surface area (Å²) in [6.45, 7) is 7.17. The van der Waals surface area contributed by atoms with Crippen LogP contribution < -0.4 is 5.46 Å². The minimum atomic E-state index is -1.00. The van der Waals surface area contributed by atoms with Gasteiger partial charge in [-0.1, -0.05) is 35.9 Å². The Morgan fingerprint density at radius 1 is 0.963 bits per heavy atom. The van der Waals surface area contributed by atoms with E-state index in [1.54, 1.807) is 21.3 Å². The van der Waals surface area contributed by atoms with Crippen LogP contribution in [0.25, 0.3) is 32.7 Å². The molecule has 137 valence electrons. The summed E-state index contributed by atoms with van der Waals surface area (Å²) in [4.78, 5) is 0. The first-order valence-electron chi connectivity index (χ1n) is 8.94. The first-order chi connectivity index (χ1) is 12.7. The average molecular weight is 380 g/mol. The molecule has 4 aromatic rings. The molecule has 0 saturated heterocycles. The standard InChI is InChI=1S/C22H21BClO3/c1-21(2,25)22(3,4)27-23-17-11-15(24)12-19-20(17)16-9-13-7-5-6-8-14(13)10-18(16)26-19/h5-12,25H,1-4H3. The molecule has 0 saturated carbocycles. The second kappa shape index (κ2) is 6.27. The zero-order valence-corrected chi connectivity index (χ0v) is 16.6. The van der Waals surface area contributed by atoms with Crippen molar-refractivity contribution in [2.75, 3.05) is 0 Å². The van der Waals surface area contributed by atoms with Crippen LogP contribution in [0.2, 0.25) is 5.02 Å². The summed E-state index contributed by atoms with van der Waals surface area (Å²) in [6, 6.07) is 16.0. The molecule has 0 atom stereocenters. The molecule has 4 rings (SSSR count). The smallest absolute Gasteiger partial charge is 0.331 e. The van der Waals surface area contributed by atoms with E-state index >= 15 is 0 Å². The van der Waals surface area contributed by atoms with Gasteiger partial charge in [0.25, 0.3) is 0 Å². The Hall–Kier alpha value is -2.01. The number of furan rings is 1. The van der Waals surface area contributed by atoms with Crippen molar-refractivity contribution in [1.82, 2.24) is 0 Å². The van der Waals surface area contributed by atoms with Crippen molar-refractivity contribution in [3.8, 4) is 0 Å². The van der Waals surface area contributed by atoms with E-state index in [2.05, 4.69) is 18.2 Å². The summed E-state index contributed by atoms with van der Waals surface area (Å²) in [5, 5.41) is 15.2. The Bertz CT molecular complexity index is 1160. The van der Waals surface area contributed by atoms with Gasteiger partial charge in [-0.05, 0) is 62.1 Å². The predicted octanol–water partition coefficient (Wildman–Crippen LogP) is 5.20. The molecule has 1 N–H and O–H groups in total. The van der Waals surface area contributed by atoms with E-state index in [9.17, 15) is 5.11 Å². The fourth-order valence-electron chi connectivity index (χ4n) is 3.04. The number of rotatable bonds is 4. The van der Waals surface area contributed by atoms with E-state index in [-0.39, 0.29) is 0 Å². The first-order valence-corrected chi connectivity index (χ1v) is 9.31. The Labute approximate surface area is 164 Å². The lowest BCUT2D eigenvalue weighted by Crippen LogP contribution is -2.49. The van der Waals surface area contributed by atoms with Crippen LogP contribution in [0.1, 0.15) is 27.7 Å². The quantitative estimate of drug-likeness (QED) is 0.495. The van der Waals surface area contributed by atoms with E-state index in [1.165, 1.54) is 0 Å². The highest BCUT2D eigenvalue weighted by Gasteiger charge is 2.36. The molecular formula is C22H21BClO3. The molecule has 0 bridgehead atoms. The van der Waals surface area contributed by atoms with Crippen LogP contribution in [-0.4, -0.2) is 23.8 Å². The van der Waals surface area contributed by atoms with Gasteiger partial charge in [-0.15, -0.1) is 0 Å². The van der Waals surface area contributed by atoms with Crippen LogP contribution in [0.4, 0.5) is 0 Å². The van der Waals surface area contributed by atoms with E-state index in [0.29, 0.717) is 10.6 Å². The summed E-state index contributed by atoms with van der Waals surface area (Å²) in [5.74, 6) is 0. The van der Waals surface area contributed by atoms with Crippen molar-refractivity contribution < 1.29 is 14.2 Å². The summed E-state index contributed by atoms with van der Waals surface area (Å²) < 4.78 is 12.0. The highest BCUT2D eigenvalue weighted by atomic mass is 35.5. The Morgan fingerprint density at radius 2 is 1.63 bits per heavy atom. The van der Waals surface area contributed by atoms with Crippen LogP contribution >= 0.6 is 11.6 Å². The zero-order chi connectivity index (χ0) is 19.4. The third-order valence-corrected chi connectivity index (χ3v) is 5.61. The molecule has 1 heterocycles. The summed E-state index contributed by atoms with van der Waals surface area (Å²) in [7, 11) is 1.66. The third kappa shape index (κ3) is 3.23. The van der Waals surface area contributed by atoms with Gasteiger partial charge >= 0.3 is 7.48 Å². The summed E-state index contributed by atoms with van der Waals surface area (Å²) >= 11 is 6.31. The maximum Gasteiger partial charge on any atom is 0.331 e. The predicted molar refractivity (Wildman–Crippen MR) is 113 cm³/mol. The SMILES string of the molecule is CC(C)(O)C(C)(C)O[B]c1cc(Cl)cc2oc3cc4ccccc4cc3c12. The minimum Gasteiger partial charge on any atom is -0.456 e. The fourth-order valence-corrected chi connectivity index (χ4v) is 3.25. The first kappa shape index (κ1) is 18.4. The van der Waals surface area contributed by atoms with Crippen molar-refractivity contribution in [3.05, 3.63) is 53.6 Å². The van der Waals surface area contributed by atoms with Gasteiger partial charge < -0.3 is 14.2 Å². The molecule has 0 aliphatic rings. The van der Waals surface area contributed by atoms with Gasteiger partial charge in [-0.3, -0.25) is 0 Å². The largest absolute Gasteiger partial charge is 0.456 e.